The zero-order valence-corrected chi connectivity index (χ0v) is 18.4. The van der Waals surface area contributed by atoms with Crippen LogP contribution in [-0.2, 0) is 14.3 Å². The molecule has 3 atom stereocenters. The molecule has 0 aromatic heterocycles. The van der Waals surface area contributed by atoms with Crippen molar-refractivity contribution in [2.24, 2.45) is 0 Å². The highest BCUT2D eigenvalue weighted by molar-refractivity contribution is 5.91. The molecule has 164 valence electrons. The molecule has 5 nitrogen and oxygen atoms in total. The molecule has 31 heavy (non-hydrogen) atoms. The molecule has 5 heteroatoms. The van der Waals surface area contributed by atoms with Gasteiger partial charge >= 0.3 is 5.97 Å². The van der Waals surface area contributed by atoms with Gasteiger partial charge in [0.25, 0.3) is 0 Å². The molecule has 2 saturated heterocycles. The van der Waals surface area contributed by atoms with Crippen LogP contribution in [0.1, 0.15) is 49.7 Å². The first kappa shape index (κ1) is 21.6. The van der Waals surface area contributed by atoms with Gasteiger partial charge in [0.15, 0.2) is 0 Å². The van der Waals surface area contributed by atoms with E-state index in [4.69, 9.17) is 4.74 Å². The minimum atomic E-state index is -0.536. The first-order chi connectivity index (χ1) is 15.1. The lowest BCUT2D eigenvalue weighted by atomic mass is 9.90. The Kier molecular flexibility index (Phi) is 6.71. The Morgan fingerprint density at radius 2 is 1.58 bits per heavy atom. The summed E-state index contributed by atoms with van der Waals surface area (Å²) >= 11 is 0. The number of methoxy groups -OCH3 is 1. The number of ether oxygens (including phenoxy) is 1. The number of esters is 1. The molecule has 2 aliphatic heterocycles. The second kappa shape index (κ2) is 9.65. The molecule has 1 amide bonds. The van der Waals surface area contributed by atoms with Crippen LogP contribution in [0.15, 0.2) is 60.7 Å². The van der Waals surface area contributed by atoms with E-state index in [9.17, 15) is 9.59 Å². The van der Waals surface area contributed by atoms with Crippen molar-refractivity contribution in [3.8, 4) is 0 Å². The van der Waals surface area contributed by atoms with E-state index in [0.29, 0.717) is 19.0 Å². The molecular formula is C26H32N2O3. The van der Waals surface area contributed by atoms with Crippen LogP contribution in [-0.4, -0.2) is 60.0 Å². The Bertz CT molecular complexity index is 847. The lowest BCUT2D eigenvalue weighted by Gasteiger charge is -2.38. The molecule has 0 spiro atoms. The average molecular weight is 421 g/mol. The van der Waals surface area contributed by atoms with Gasteiger partial charge in [-0.1, -0.05) is 67.1 Å². The van der Waals surface area contributed by atoms with Crippen LogP contribution in [0.5, 0.6) is 0 Å². The first-order valence-corrected chi connectivity index (χ1v) is 11.3. The summed E-state index contributed by atoms with van der Waals surface area (Å²) in [5, 5.41) is 0. The summed E-state index contributed by atoms with van der Waals surface area (Å²) in [6, 6.07) is 19.8. The number of benzene rings is 2. The monoisotopic (exact) mass is 420 g/mol. The molecule has 0 saturated carbocycles. The summed E-state index contributed by atoms with van der Waals surface area (Å²) in [4.78, 5) is 31.0. The highest BCUT2D eigenvalue weighted by Gasteiger charge is 2.45. The Labute approximate surface area is 185 Å². The van der Waals surface area contributed by atoms with Gasteiger partial charge < -0.3 is 9.64 Å². The maximum atomic E-state index is 14.0. The van der Waals surface area contributed by atoms with Crippen molar-refractivity contribution < 1.29 is 14.3 Å². The van der Waals surface area contributed by atoms with Gasteiger partial charge in [-0.25, -0.2) is 4.79 Å². The SMILES string of the molecule is COC(=O)[C@@H]1C[C@H](N2CCCCC2C)CN1C(=O)C(c1ccccc1)c1ccccc1. The largest absolute Gasteiger partial charge is 0.467 e. The fraction of sp³-hybridized carbons (Fsp3) is 0.462. The standard InChI is InChI=1S/C26H32N2O3/c1-19-11-9-10-16-27(19)22-17-23(26(30)31-2)28(18-22)25(29)24(20-12-5-3-6-13-20)21-14-7-4-8-15-21/h3-8,12-15,19,22-24H,9-11,16-18H2,1-2H3/t19?,22-,23-/m0/s1. The van der Waals surface area contributed by atoms with Crippen molar-refractivity contribution in [3.63, 3.8) is 0 Å². The van der Waals surface area contributed by atoms with E-state index in [1.807, 2.05) is 60.7 Å². The van der Waals surface area contributed by atoms with Crippen molar-refractivity contribution in [1.82, 2.24) is 9.80 Å². The summed E-state index contributed by atoms with van der Waals surface area (Å²) in [6.07, 6.45) is 4.23. The zero-order chi connectivity index (χ0) is 21.8. The molecule has 2 aromatic rings. The van der Waals surface area contributed by atoms with E-state index in [1.165, 1.54) is 26.4 Å². The Hall–Kier alpha value is -2.66. The van der Waals surface area contributed by atoms with Gasteiger partial charge in [-0.05, 0) is 43.9 Å². The fourth-order valence-corrected chi connectivity index (χ4v) is 5.25. The second-order valence-electron chi connectivity index (χ2n) is 8.76. The van der Waals surface area contributed by atoms with Gasteiger partial charge in [0.05, 0.1) is 13.0 Å². The van der Waals surface area contributed by atoms with Gasteiger partial charge in [-0.3, -0.25) is 9.69 Å². The number of hydrogen-bond acceptors (Lipinski definition) is 4. The number of rotatable bonds is 5. The summed E-state index contributed by atoms with van der Waals surface area (Å²) in [6.45, 7) is 3.86. The predicted molar refractivity (Wildman–Crippen MR) is 121 cm³/mol. The number of amides is 1. The van der Waals surface area contributed by atoms with E-state index >= 15 is 0 Å². The number of likely N-dealkylation sites (tertiary alicyclic amines) is 2. The summed E-state index contributed by atoms with van der Waals surface area (Å²) in [5.41, 5.74) is 1.88. The highest BCUT2D eigenvalue weighted by atomic mass is 16.5. The van der Waals surface area contributed by atoms with Crippen LogP contribution in [0.2, 0.25) is 0 Å². The molecule has 0 N–H and O–H groups in total. The van der Waals surface area contributed by atoms with Crippen molar-refractivity contribution in [2.45, 2.75) is 56.7 Å². The van der Waals surface area contributed by atoms with Gasteiger partial charge in [-0.2, -0.15) is 0 Å². The van der Waals surface area contributed by atoms with E-state index in [0.717, 1.165) is 17.7 Å². The molecular weight excluding hydrogens is 388 g/mol. The lowest BCUT2D eigenvalue weighted by molar-refractivity contribution is -0.151. The number of carbonyl (C=O) groups is 2. The number of carbonyl (C=O) groups excluding carboxylic acids is 2. The van der Waals surface area contributed by atoms with E-state index < -0.39 is 12.0 Å². The maximum absolute atomic E-state index is 14.0. The molecule has 2 aliphatic rings. The van der Waals surface area contributed by atoms with Crippen molar-refractivity contribution in [3.05, 3.63) is 71.8 Å². The smallest absolute Gasteiger partial charge is 0.328 e. The quantitative estimate of drug-likeness (QED) is 0.690. The second-order valence-corrected chi connectivity index (χ2v) is 8.76. The Balaban J connectivity index is 1.66. The summed E-state index contributed by atoms with van der Waals surface area (Å²) in [5.74, 6) is -0.785. The number of piperidine rings is 1. The minimum Gasteiger partial charge on any atom is -0.467 e. The van der Waals surface area contributed by atoms with Gasteiger partial charge in [0.2, 0.25) is 5.91 Å². The Morgan fingerprint density at radius 1 is 0.968 bits per heavy atom. The number of hydrogen-bond donors (Lipinski definition) is 0. The molecule has 2 heterocycles. The average Bonchev–Trinajstić information content (AvgIpc) is 3.26. The topological polar surface area (TPSA) is 49.9 Å². The molecule has 2 aromatic carbocycles. The number of nitrogens with zero attached hydrogens (tertiary/aromatic N) is 2. The third-order valence-electron chi connectivity index (χ3n) is 6.87. The third kappa shape index (κ3) is 4.52. The van der Waals surface area contributed by atoms with Gasteiger partial charge in [0.1, 0.15) is 6.04 Å². The molecule has 0 bridgehead atoms. The summed E-state index contributed by atoms with van der Waals surface area (Å²) in [7, 11) is 1.41. The third-order valence-corrected chi connectivity index (χ3v) is 6.87. The maximum Gasteiger partial charge on any atom is 0.328 e. The van der Waals surface area contributed by atoms with Crippen molar-refractivity contribution in [1.29, 1.82) is 0 Å². The van der Waals surface area contributed by atoms with Crippen molar-refractivity contribution in [2.75, 3.05) is 20.2 Å². The van der Waals surface area contributed by atoms with E-state index in [2.05, 4.69) is 11.8 Å². The first-order valence-electron chi connectivity index (χ1n) is 11.3. The van der Waals surface area contributed by atoms with Gasteiger partial charge in [-0.15, -0.1) is 0 Å². The summed E-state index contributed by atoms with van der Waals surface area (Å²) < 4.78 is 5.12. The van der Waals surface area contributed by atoms with Crippen LogP contribution < -0.4 is 0 Å². The normalized spacial score (nSPS) is 24.4. The van der Waals surface area contributed by atoms with Crippen LogP contribution in [0, 0.1) is 0 Å². The van der Waals surface area contributed by atoms with Crippen LogP contribution in [0.3, 0.4) is 0 Å². The molecule has 4 rings (SSSR count). The van der Waals surface area contributed by atoms with Crippen molar-refractivity contribution >= 4 is 11.9 Å². The van der Waals surface area contributed by atoms with Crippen LogP contribution >= 0.6 is 0 Å². The van der Waals surface area contributed by atoms with E-state index in [1.54, 1.807) is 4.90 Å². The van der Waals surface area contributed by atoms with Crippen LogP contribution in [0.25, 0.3) is 0 Å². The van der Waals surface area contributed by atoms with Gasteiger partial charge in [0, 0.05) is 18.6 Å². The van der Waals surface area contributed by atoms with Crippen LogP contribution in [0.4, 0.5) is 0 Å². The molecule has 0 aliphatic carbocycles. The predicted octanol–water partition coefficient (Wildman–Crippen LogP) is 3.84. The lowest BCUT2D eigenvalue weighted by Crippen LogP contribution is -2.47. The highest BCUT2D eigenvalue weighted by Crippen LogP contribution is 2.33. The Morgan fingerprint density at radius 3 is 2.13 bits per heavy atom. The zero-order valence-electron chi connectivity index (χ0n) is 18.4. The molecule has 2 fully saturated rings. The fourth-order valence-electron chi connectivity index (χ4n) is 5.25. The molecule has 1 unspecified atom stereocenters. The molecule has 0 radical (unpaired) electrons. The minimum absolute atomic E-state index is 0.0278. The van der Waals surface area contributed by atoms with E-state index in [-0.39, 0.29) is 17.9 Å².